The first-order valence-electron chi connectivity index (χ1n) is 8.79. The van der Waals surface area contributed by atoms with E-state index in [0.29, 0.717) is 24.2 Å². The number of aromatic nitrogens is 3. The van der Waals surface area contributed by atoms with Gasteiger partial charge in [0.15, 0.2) is 15.6 Å². The third kappa shape index (κ3) is 3.83. The Kier molecular flexibility index (Phi) is 4.98. The third-order valence-corrected chi connectivity index (χ3v) is 6.84. The van der Waals surface area contributed by atoms with Gasteiger partial charge in [-0.15, -0.1) is 0 Å². The van der Waals surface area contributed by atoms with E-state index in [9.17, 15) is 18.0 Å². The van der Waals surface area contributed by atoms with Gasteiger partial charge in [-0.25, -0.2) is 8.42 Å². The van der Waals surface area contributed by atoms with E-state index in [1.807, 2.05) is 13.8 Å². The second-order valence-corrected chi connectivity index (χ2v) is 9.40. The standard InChI is InChI=1S/C18H24N4O4S/c1-11-16(12(2)22(20-11)15-5-6-27(25,26)10-15)9-21(4)18(24)17-7-14(8-19-17)13(3)23/h7-8,15,19H,5-6,9-10H2,1-4H3/t15-/m0/s1. The van der Waals surface area contributed by atoms with Crippen LogP contribution >= 0.6 is 0 Å². The van der Waals surface area contributed by atoms with Crippen LogP contribution in [0.15, 0.2) is 12.3 Å². The zero-order chi connectivity index (χ0) is 19.9. The highest BCUT2D eigenvalue weighted by molar-refractivity contribution is 7.91. The SMILES string of the molecule is CC(=O)c1c[nH]c(C(=O)N(C)Cc2c(C)nn([C@H]3CCS(=O)(=O)C3)c2C)c1. The van der Waals surface area contributed by atoms with Crippen molar-refractivity contribution in [2.75, 3.05) is 18.6 Å². The summed E-state index contributed by atoms with van der Waals surface area (Å²) in [5.41, 5.74) is 3.40. The number of hydrogen-bond acceptors (Lipinski definition) is 5. The van der Waals surface area contributed by atoms with Gasteiger partial charge in [-0.05, 0) is 33.3 Å². The maximum atomic E-state index is 12.6. The van der Waals surface area contributed by atoms with E-state index in [1.165, 1.54) is 13.1 Å². The Balaban J connectivity index is 1.78. The number of hydrogen-bond donors (Lipinski definition) is 1. The number of aryl methyl sites for hydroxylation is 1. The third-order valence-electron chi connectivity index (χ3n) is 5.09. The number of nitrogens with zero attached hydrogens (tertiary/aromatic N) is 3. The number of amides is 1. The largest absolute Gasteiger partial charge is 0.356 e. The van der Waals surface area contributed by atoms with Crippen LogP contribution in [0, 0.1) is 13.8 Å². The number of Topliss-reactive ketones (excluding diaryl/α,β-unsaturated/α-hetero) is 1. The van der Waals surface area contributed by atoms with Gasteiger partial charge in [0.05, 0.1) is 23.2 Å². The number of aromatic amines is 1. The monoisotopic (exact) mass is 392 g/mol. The van der Waals surface area contributed by atoms with Crippen molar-refractivity contribution < 1.29 is 18.0 Å². The summed E-state index contributed by atoms with van der Waals surface area (Å²) in [6.07, 6.45) is 2.09. The minimum atomic E-state index is -3.00. The van der Waals surface area contributed by atoms with Crippen molar-refractivity contribution in [1.82, 2.24) is 19.7 Å². The van der Waals surface area contributed by atoms with E-state index in [4.69, 9.17) is 0 Å². The molecule has 1 aliphatic heterocycles. The first-order chi connectivity index (χ1) is 12.6. The van der Waals surface area contributed by atoms with Crippen LogP contribution in [0.5, 0.6) is 0 Å². The number of rotatable bonds is 5. The number of carbonyl (C=O) groups is 2. The molecule has 2 aromatic heterocycles. The molecule has 1 aliphatic rings. The van der Waals surface area contributed by atoms with Crippen LogP contribution < -0.4 is 0 Å². The van der Waals surface area contributed by atoms with Crippen molar-refractivity contribution in [3.63, 3.8) is 0 Å². The van der Waals surface area contributed by atoms with Crippen LogP contribution in [-0.4, -0.2) is 58.3 Å². The molecule has 1 fully saturated rings. The van der Waals surface area contributed by atoms with Crippen molar-refractivity contribution in [2.24, 2.45) is 0 Å². The quantitative estimate of drug-likeness (QED) is 0.779. The molecule has 0 unspecified atom stereocenters. The predicted molar refractivity (Wildman–Crippen MR) is 101 cm³/mol. The van der Waals surface area contributed by atoms with Gasteiger partial charge in [0, 0.05) is 36.6 Å². The zero-order valence-corrected chi connectivity index (χ0v) is 16.8. The van der Waals surface area contributed by atoms with Crippen molar-refractivity contribution in [1.29, 1.82) is 0 Å². The molecule has 0 radical (unpaired) electrons. The number of nitrogens with one attached hydrogen (secondary N) is 1. The highest BCUT2D eigenvalue weighted by Crippen LogP contribution is 2.27. The molecule has 146 valence electrons. The predicted octanol–water partition coefficient (Wildman–Crippen LogP) is 1.66. The van der Waals surface area contributed by atoms with Crippen LogP contribution in [0.25, 0.3) is 0 Å². The molecule has 0 spiro atoms. The van der Waals surface area contributed by atoms with Crippen LogP contribution in [-0.2, 0) is 16.4 Å². The fraction of sp³-hybridized carbons (Fsp3) is 0.500. The molecular weight excluding hydrogens is 368 g/mol. The van der Waals surface area contributed by atoms with E-state index in [-0.39, 0.29) is 29.2 Å². The molecular formula is C18H24N4O4S. The molecule has 3 rings (SSSR count). The van der Waals surface area contributed by atoms with Crippen molar-refractivity contribution in [3.8, 4) is 0 Å². The summed E-state index contributed by atoms with van der Waals surface area (Å²) in [5, 5.41) is 4.53. The summed E-state index contributed by atoms with van der Waals surface area (Å²) in [6, 6.07) is 1.40. The summed E-state index contributed by atoms with van der Waals surface area (Å²) < 4.78 is 25.3. The van der Waals surface area contributed by atoms with Gasteiger partial charge in [0.1, 0.15) is 5.69 Å². The lowest BCUT2D eigenvalue weighted by molar-refractivity contribution is 0.0779. The van der Waals surface area contributed by atoms with Gasteiger partial charge < -0.3 is 9.88 Å². The molecule has 1 N–H and O–H groups in total. The van der Waals surface area contributed by atoms with Crippen molar-refractivity contribution >= 4 is 21.5 Å². The maximum absolute atomic E-state index is 12.6. The number of carbonyl (C=O) groups excluding carboxylic acids is 2. The Bertz CT molecular complexity index is 1000. The Labute approximate surface area is 158 Å². The first-order valence-corrected chi connectivity index (χ1v) is 10.6. The van der Waals surface area contributed by atoms with Crippen molar-refractivity contribution in [2.45, 2.75) is 39.8 Å². The topological polar surface area (TPSA) is 105 Å². The normalized spacial score (nSPS) is 18.6. The Morgan fingerprint density at radius 2 is 2.07 bits per heavy atom. The molecule has 0 aromatic carbocycles. The molecule has 1 saturated heterocycles. The van der Waals surface area contributed by atoms with Gasteiger partial charge in [-0.3, -0.25) is 14.3 Å². The average molecular weight is 392 g/mol. The average Bonchev–Trinajstić information content (AvgIpc) is 3.28. The molecule has 9 heteroatoms. The van der Waals surface area contributed by atoms with E-state index in [1.54, 1.807) is 22.7 Å². The van der Waals surface area contributed by atoms with Gasteiger partial charge >= 0.3 is 0 Å². The summed E-state index contributed by atoms with van der Waals surface area (Å²) >= 11 is 0. The molecule has 27 heavy (non-hydrogen) atoms. The lowest BCUT2D eigenvalue weighted by Crippen LogP contribution is -2.27. The summed E-state index contributed by atoms with van der Waals surface area (Å²) in [7, 11) is -1.31. The van der Waals surface area contributed by atoms with Crippen LogP contribution in [0.1, 0.15) is 57.2 Å². The second-order valence-electron chi connectivity index (χ2n) is 7.17. The molecule has 0 saturated carbocycles. The summed E-state index contributed by atoms with van der Waals surface area (Å²) in [4.78, 5) is 28.4. The van der Waals surface area contributed by atoms with Gasteiger partial charge in [0.25, 0.3) is 5.91 Å². The minimum Gasteiger partial charge on any atom is -0.356 e. The maximum Gasteiger partial charge on any atom is 0.270 e. The van der Waals surface area contributed by atoms with Gasteiger partial charge in [-0.2, -0.15) is 5.10 Å². The lowest BCUT2D eigenvalue weighted by Gasteiger charge is -2.17. The molecule has 0 aliphatic carbocycles. The van der Waals surface area contributed by atoms with E-state index in [2.05, 4.69) is 10.1 Å². The Morgan fingerprint density at radius 3 is 2.63 bits per heavy atom. The van der Waals surface area contributed by atoms with Crippen molar-refractivity contribution in [3.05, 3.63) is 40.5 Å². The highest BCUT2D eigenvalue weighted by Gasteiger charge is 2.31. The molecule has 3 heterocycles. The lowest BCUT2D eigenvalue weighted by atomic mass is 10.1. The molecule has 0 bridgehead atoms. The Hall–Kier alpha value is -2.42. The van der Waals surface area contributed by atoms with Crippen LogP contribution in [0.3, 0.4) is 0 Å². The Morgan fingerprint density at radius 1 is 1.37 bits per heavy atom. The fourth-order valence-corrected chi connectivity index (χ4v) is 5.18. The minimum absolute atomic E-state index is 0.104. The molecule has 1 amide bonds. The van der Waals surface area contributed by atoms with Crippen LogP contribution in [0.4, 0.5) is 0 Å². The summed E-state index contributed by atoms with van der Waals surface area (Å²) in [6.45, 7) is 5.57. The molecule has 1 atom stereocenters. The smallest absolute Gasteiger partial charge is 0.270 e. The van der Waals surface area contributed by atoms with Crippen LogP contribution in [0.2, 0.25) is 0 Å². The number of ketones is 1. The zero-order valence-electron chi connectivity index (χ0n) is 15.9. The summed E-state index contributed by atoms with van der Waals surface area (Å²) in [5.74, 6) is -0.0287. The number of H-pyrrole nitrogens is 1. The second kappa shape index (κ2) is 6.95. The molecule has 8 nitrogen and oxygen atoms in total. The fourth-order valence-electron chi connectivity index (χ4n) is 3.49. The first kappa shape index (κ1) is 19.3. The van der Waals surface area contributed by atoms with Gasteiger partial charge in [-0.1, -0.05) is 0 Å². The van der Waals surface area contributed by atoms with Gasteiger partial charge in [0.2, 0.25) is 0 Å². The highest BCUT2D eigenvalue weighted by atomic mass is 32.2. The molecule has 2 aromatic rings. The van der Waals surface area contributed by atoms with E-state index >= 15 is 0 Å². The van der Waals surface area contributed by atoms with E-state index in [0.717, 1.165) is 17.0 Å². The number of sulfone groups is 1. The van der Waals surface area contributed by atoms with E-state index < -0.39 is 9.84 Å².